The number of hydrogen-bond acceptors (Lipinski definition) is 8. The second-order valence-corrected chi connectivity index (χ2v) is 10.5. The van der Waals surface area contributed by atoms with Crippen LogP contribution in [-0.4, -0.2) is 42.7 Å². The highest BCUT2D eigenvalue weighted by molar-refractivity contribution is 5.87. The van der Waals surface area contributed by atoms with Gasteiger partial charge < -0.3 is 19.3 Å². The molecule has 0 bridgehead atoms. The zero-order valence-corrected chi connectivity index (χ0v) is 21.5. The van der Waals surface area contributed by atoms with Crippen molar-refractivity contribution in [1.82, 2.24) is 29.7 Å². The number of aromatic nitrogens is 6. The third-order valence-corrected chi connectivity index (χ3v) is 6.84. The van der Waals surface area contributed by atoms with E-state index in [4.69, 9.17) is 14.5 Å². The quantitative estimate of drug-likeness (QED) is 0.429. The van der Waals surface area contributed by atoms with E-state index in [0.29, 0.717) is 11.6 Å². The van der Waals surface area contributed by atoms with Crippen LogP contribution < -0.4 is 10.2 Å². The van der Waals surface area contributed by atoms with Gasteiger partial charge in [0.2, 0.25) is 11.8 Å². The third-order valence-electron chi connectivity index (χ3n) is 6.84. The molecule has 0 spiro atoms. The van der Waals surface area contributed by atoms with Gasteiger partial charge in [-0.3, -0.25) is 0 Å². The van der Waals surface area contributed by atoms with Gasteiger partial charge in [-0.15, -0.1) is 0 Å². The number of rotatable bonds is 5. The molecule has 9 heteroatoms. The van der Waals surface area contributed by atoms with Crippen LogP contribution in [-0.2, 0) is 18.9 Å². The molecule has 4 heterocycles. The minimum Gasteiger partial charge on any atom is -0.341 e. The van der Waals surface area contributed by atoms with Crippen molar-refractivity contribution in [2.24, 2.45) is 7.05 Å². The van der Waals surface area contributed by atoms with Crippen LogP contribution in [0.15, 0.2) is 29.0 Å². The maximum Gasteiger partial charge on any atom is 0.229 e. The Hall–Kier alpha value is -3.49. The molecule has 4 aromatic rings. The molecule has 1 aliphatic heterocycles. The van der Waals surface area contributed by atoms with E-state index >= 15 is 0 Å². The van der Waals surface area contributed by atoms with Crippen LogP contribution in [0, 0.1) is 6.92 Å². The highest BCUT2D eigenvalue weighted by atomic mass is 16.5. The van der Waals surface area contributed by atoms with Gasteiger partial charge in [-0.2, -0.15) is 15.0 Å². The predicted molar refractivity (Wildman–Crippen MR) is 137 cm³/mol. The van der Waals surface area contributed by atoms with Crippen molar-refractivity contribution in [3.63, 3.8) is 0 Å². The number of aryl methyl sites for hydroxylation is 3. The molecule has 0 unspecified atom stereocenters. The minimum absolute atomic E-state index is 0.0589. The Bertz CT molecular complexity index is 1340. The molecule has 0 atom stereocenters. The van der Waals surface area contributed by atoms with Crippen LogP contribution in [0.25, 0.3) is 11.2 Å². The summed E-state index contributed by atoms with van der Waals surface area (Å²) in [4.78, 5) is 21.1. The molecule has 1 aliphatic rings. The average Bonchev–Trinajstić information content (AvgIpc) is 3.47. The number of benzene rings is 1. The summed E-state index contributed by atoms with van der Waals surface area (Å²) in [6.45, 7) is 12.5. The first-order valence-electron chi connectivity index (χ1n) is 12.4. The van der Waals surface area contributed by atoms with Crippen molar-refractivity contribution in [3.05, 3.63) is 47.4 Å². The first-order valence-corrected chi connectivity index (χ1v) is 12.4. The summed E-state index contributed by atoms with van der Waals surface area (Å²) >= 11 is 0. The van der Waals surface area contributed by atoms with Crippen LogP contribution in [0.2, 0.25) is 0 Å². The summed E-state index contributed by atoms with van der Waals surface area (Å²) in [6, 6.07) is 6.58. The van der Waals surface area contributed by atoms with E-state index in [9.17, 15) is 0 Å². The summed E-state index contributed by atoms with van der Waals surface area (Å²) in [6.07, 6.45) is 4.42. The van der Waals surface area contributed by atoms with Crippen molar-refractivity contribution >= 4 is 28.6 Å². The molecule has 1 fully saturated rings. The fourth-order valence-electron chi connectivity index (χ4n) is 4.53. The molecule has 35 heavy (non-hydrogen) atoms. The maximum absolute atomic E-state index is 5.49. The highest BCUT2D eigenvalue weighted by Crippen LogP contribution is 2.33. The van der Waals surface area contributed by atoms with Gasteiger partial charge in [0.05, 0.1) is 6.33 Å². The van der Waals surface area contributed by atoms with E-state index in [2.05, 4.69) is 71.2 Å². The highest BCUT2D eigenvalue weighted by Gasteiger charge is 2.27. The molecular weight excluding hydrogens is 440 g/mol. The average molecular weight is 475 g/mol. The van der Waals surface area contributed by atoms with Crippen molar-refractivity contribution < 1.29 is 4.52 Å². The molecule has 184 valence electrons. The van der Waals surface area contributed by atoms with Crippen molar-refractivity contribution in [2.75, 3.05) is 23.3 Å². The number of nitrogens with zero attached hydrogens (tertiary/aromatic N) is 7. The number of anilines is 3. The largest absolute Gasteiger partial charge is 0.341 e. The predicted octanol–water partition coefficient (Wildman–Crippen LogP) is 5.04. The second kappa shape index (κ2) is 8.94. The van der Waals surface area contributed by atoms with Gasteiger partial charge in [-0.1, -0.05) is 45.0 Å². The smallest absolute Gasteiger partial charge is 0.229 e. The Morgan fingerprint density at radius 3 is 2.57 bits per heavy atom. The van der Waals surface area contributed by atoms with Gasteiger partial charge >= 0.3 is 0 Å². The number of fused-ring (bicyclic) bond motifs is 1. The molecule has 1 N–H and O–H groups in total. The number of hydrogen-bond donors (Lipinski definition) is 1. The molecule has 0 aliphatic carbocycles. The molecule has 5 rings (SSSR count). The van der Waals surface area contributed by atoms with E-state index in [1.807, 2.05) is 18.5 Å². The lowest BCUT2D eigenvalue weighted by Gasteiger charge is -2.30. The summed E-state index contributed by atoms with van der Waals surface area (Å²) < 4.78 is 7.46. The Morgan fingerprint density at radius 1 is 1.11 bits per heavy atom. The SMILES string of the molecule is CCc1noc(C2CCN(c3nc(Nc4cc(C(C)(C)C)ccc4C)c4c(ncn4C)n3)CC2)n1. The molecule has 3 aromatic heterocycles. The molecule has 0 saturated carbocycles. The van der Waals surface area contributed by atoms with Gasteiger partial charge in [0.15, 0.2) is 17.3 Å². The van der Waals surface area contributed by atoms with E-state index in [-0.39, 0.29) is 11.3 Å². The van der Waals surface area contributed by atoms with Crippen LogP contribution in [0.4, 0.5) is 17.5 Å². The minimum atomic E-state index is 0.0589. The van der Waals surface area contributed by atoms with Gasteiger partial charge in [0.25, 0.3) is 0 Å². The van der Waals surface area contributed by atoms with Crippen LogP contribution in [0.5, 0.6) is 0 Å². The van der Waals surface area contributed by atoms with Crippen LogP contribution in [0.1, 0.15) is 69.3 Å². The van der Waals surface area contributed by atoms with Gasteiger partial charge in [-0.25, -0.2) is 4.98 Å². The second-order valence-electron chi connectivity index (χ2n) is 10.5. The van der Waals surface area contributed by atoms with E-state index < -0.39 is 0 Å². The van der Waals surface area contributed by atoms with Gasteiger partial charge in [-0.05, 0) is 42.4 Å². The van der Waals surface area contributed by atoms with Crippen molar-refractivity contribution in [3.8, 4) is 0 Å². The molecule has 1 aromatic carbocycles. The lowest BCUT2D eigenvalue weighted by atomic mass is 9.86. The Labute approximate surface area is 206 Å². The third kappa shape index (κ3) is 4.59. The number of nitrogens with one attached hydrogen (secondary N) is 1. The van der Waals surface area contributed by atoms with Crippen LogP contribution >= 0.6 is 0 Å². The summed E-state index contributed by atoms with van der Waals surface area (Å²) in [7, 11) is 1.97. The molecule has 9 nitrogen and oxygen atoms in total. The molecule has 0 amide bonds. The van der Waals surface area contributed by atoms with E-state index in [0.717, 1.165) is 61.1 Å². The zero-order valence-electron chi connectivity index (χ0n) is 21.5. The molecule has 0 radical (unpaired) electrons. The van der Waals surface area contributed by atoms with Crippen molar-refractivity contribution in [2.45, 2.75) is 65.2 Å². The van der Waals surface area contributed by atoms with Gasteiger partial charge in [0.1, 0.15) is 5.52 Å². The van der Waals surface area contributed by atoms with Gasteiger partial charge in [0, 0.05) is 38.2 Å². The first kappa shape index (κ1) is 23.3. The lowest BCUT2D eigenvalue weighted by Crippen LogP contribution is -2.34. The zero-order chi connectivity index (χ0) is 24.7. The Kier molecular flexibility index (Phi) is 5.94. The number of piperidine rings is 1. The van der Waals surface area contributed by atoms with E-state index in [1.54, 1.807) is 6.33 Å². The van der Waals surface area contributed by atoms with Crippen LogP contribution in [0.3, 0.4) is 0 Å². The van der Waals surface area contributed by atoms with Crippen molar-refractivity contribution in [1.29, 1.82) is 0 Å². The Morgan fingerprint density at radius 2 is 1.89 bits per heavy atom. The summed E-state index contributed by atoms with van der Waals surface area (Å²) in [5, 5.41) is 7.67. The normalized spacial score (nSPS) is 15.2. The topological polar surface area (TPSA) is 97.8 Å². The van der Waals surface area contributed by atoms with E-state index in [1.165, 1.54) is 11.1 Å². The fourth-order valence-corrected chi connectivity index (χ4v) is 4.53. The lowest BCUT2D eigenvalue weighted by molar-refractivity contribution is 0.326. The molecule has 1 saturated heterocycles. The summed E-state index contributed by atoms with van der Waals surface area (Å²) in [5.74, 6) is 3.26. The summed E-state index contributed by atoms with van der Waals surface area (Å²) in [5.41, 5.74) is 5.13. The monoisotopic (exact) mass is 474 g/mol. The first-order chi connectivity index (χ1) is 16.7. The Balaban J connectivity index is 1.43. The number of imidazole rings is 1. The maximum atomic E-state index is 5.49. The fraction of sp³-hybridized carbons (Fsp3) is 0.500. The standard InChI is InChI=1S/C26H34N8O/c1-7-20-29-24(35-32-20)17-10-12-34(13-11-17)25-30-22-21(33(6)15-27-22)23(31-25)28-19-14-18(26(3,4)5)9-8-16(19)2/h8-9,14-15,17H,7,10-13H2,1-6H3,(H,28,30,31). The molecular formula is C26H34N8O.